The van der Waals surface area contributed by atoms with E-state index in [0.29, 0.717) is 21.1 Å². The molecule has 0 radical (unpaired) electrons. The molecule has 0 atom stereocenters. The van der Waals surface area contributed by atoms with Gasteiger partial charge in [-0.1, -0.05) is 29.8 Å². The molecule has 0 saturated carbocycles. The number of hydrogen-bond acceptors (Lipinski definition) is 4. The number of carbonyl (C=O) groups is 1. The Morgan fingerprint density at radius 2 is 1.77 bits per heavy atom. The Bertz CT molecular complexity index is 1430. The highest BCUT2D eigenvalue weighted by molar-refractivity contribution is 7.90. The molecule has 1 heterocycles. The summed E-state index contributed by atoms with van der Waals surface area (Å²) in [5.74, 6) is -3.54. The van der Waals surface area contributed by atoms with Crippen molar-refractivity contribution in [3.05, 3.63) is 94.4 Å². The lowest BCUT2D eigenvalue weighted by molar-refractivity contribution is 0.0989. The average molecular weight is 465 g/mol. The predicted molar refractivity (Wildman–Crippen MR) is 108 cm³/mol. The van der Waals surface area contributed by atoms with Crippen LogP contribution >= 0.6 is 11.6 Å². The van der Waals surface area contributed by atoms with Gasteiger partial charge in [0.05, 0.1) is 22.3 Å². The third-order valence-corrected chi connectivity index (χ3v) is 6.56. The van der Waals surface area contributed by atoms with Crippen LogP contribution in [0.15, 0.2) is 65.7 Å². The highest BCUT2D eigenvalue weighted by Crippen LogP contribution is 2.25. The summed E-state index contributed by atoms with van der Waals surface area (Å²) < 4.78 is 67.7. The number of hydrogen-bond donors (Lipinski definition) is 0. The van der Waals surface area contributed by atoms with Gasteiger partial charge in [-0.3, -0.25) is 4.79 Å². The minimum atomic E-state index is -4.48. The van der Waals surface area contributed by atoms with Crippen molar-refractivity contribution in [2.75, 3.05) is 0 Å². The van der Waals surface area contributed by atoms with E-state index in [9.17, 15) is 26.4 Å². The van der Waals surface area contributed by atoms with Crippen molar-refractivity contribution in [1.29, 1.82) is 0 Å². The normalized spacial score (nSPS) is 11.7. The number of halogens is 4. The van der Waals surface area contributed by atoms with Crippen LogP contribution in [0.5, 0.6) is 0 Å². The van der Waals surface area contributed by atoms with Gasteiger partial charge < -0.3 is 0 Å². The fourth-order valence-corrected chi connectivity index (χ4v) is 4.75. The quantitative estimate of drug-likeness (QED) is 0.399. The molecule has 3 aromatic carbocycles. The van der Waals surface area contributed by atoms with E-state index in [1.807, 2.05) is 0 Å². The summed E-state index contributed by atoms with van der Waals surface area (Å²) >= 11 is 5.93. The molecule has 0 saturated heterocycles. The molecular weight excluding hydrogens is 453 g/mol. The highest BCUT2D eigenvalue weighted by Gasteiger charge is 2.25. The molecule has 0 aliphatic carbocycles. The van der Waals surface area contributed by atoms with Crippen molar-refractivity contribution >= 4 is 38.3 Å². The van der Waals surface area contributed by atoms with E-state index >= 15 is 0 Å². The molecule has 1 aromatic heterocycles. The SMILES string of the molecule is O=C(Cc1ccc2cnn(S(=O)(=O)c3ccc(F)cc3F)c2c1)c1c(F)cccc1Cl. The molecule has 0 fully saturated rings. The van der Waals surface area contributed by atoms with Gasteiger partial charge in [-0.15, -0.1) is 0 Å². The van der Waals surface area contributed by atoms with E-state index in [2.05, 4.69) is 5.10 Å². The maximum Gasteiger partial charge on any atom is 0.286 e. The Morgan fingerprint density at radius 3 is 2.48 bits per heavy atom. The van der Waals surface area contributed by atoms with E-state index in [1.54, 1.807) is 6.07 Å². The Kier molecular flexibility index (Phi) is 5.32. The molecule has 0 N–H and O–H groups in total. The van der Waals surface area contributed by atoms with Crippen molar-refractivity contribution in [3.8, 4) is 0 Å². The molecule has 31 heavy (non-hydrogen) atoms. The van der Waals surface area contributed by atoms with Crippen LogP contribution in [0, 0.1) is 17.5 Å². The van der Waals surface area contributed by atoms with Gasteiger partial charge in [0.2, 0.25) is 0 Å². The van der Waals surface area contributed by atoms with Crippen LogP contribution in [0.2, 0.25) is 5.02 Å². The number of carbonyl (C=O) groups excluding carboxylic acids is 1. The van der Waals surface area contributed by atoms with Crippen LogP contribution in [-0.2, 0) is 16.4 Å². The van der Waals surface area contributed by atoms with Crippen LogP contribution in [0.4, 0.5) is 13.2 Å². The summed E-state index contributed by atoms with van der Waals surface area (Å²) in [4.78, 5) is 11.8. The van der Waals surface area contributed by atoms with Crippen LogP contribution in [-0.4, -0.2) is 23.4 Å². The largest absolute Gasteiger partial charge is 0.294 e. The van der Waals surface area contributed by atoms with Crippen molar-refractivity contribution in [2.24, 2.45) is 0 Å². The molecule has 4 aromatic rings. The molecule has 158 valence electrons. The molecule has 0 aliphatic heterocycles. The zero-order valence-corrected chi connectivity index (χ0v) is 17.1. The fourth-order valence-electron chi connectivity index (χ4n) is 3.16. The molecule has 5 nitrogen and oxygen atoms in total. The van der Waals surface area contributed by atoms with E-state index in [0.717, 1.165) is 18.2 Å². The zero-order valence-electron chi connectivity index (χ0n) is 15.5. The molecule has 0 spiro atoms. The molecular formula is C21H12ClF3N2O3S. The number of aromatic nitrogens is 2. The minimum Gasteiger partial charge on any atom is -0.294 e. The molecule has 0 aliphatic rings. The maximum atomic E-state index is 14.1. The Balaban J connectivity index is 1.75. The van der Waals surface area contributed by atoms with Gasteiger partial charge in [0, 0.05) is 17.9 Å². The van der Waals surface area contributed by atoms with Gasteiger partial charge in [0.25, 0.3) is 10.0 Å². The number of nitrogens with zero attached hydrogens (tertiary/aromatic N) is 2. The lowest BCUT2D eigenvalue weighted by Gasteiger charge is -2.09. The van der Waals surface area contributed by atoms with Crippen LogP contribution in [0.25, 0.3) is 10.9 Å². The molecule has 0 unspecified atom stereocenters. The second-order valence-electron chi connectivity index (χ2n) is 6.66. The van der Waals surface area contributed by atoms with Crippen LogP contribution in [0.3, 0.4) is 0 Å². The Morgan fingerprint density at radius 1 is 1.00 bits per heavy atom. The molecule has 0 amide bonds. The van der Waals surface area contributed by atoms with E-state index < -0.39 is 38.2 Å². The Hall–Kier alpha value is -3.17. The number of ketones is 1. The van der Waals surface area contributed by atoms with Gasteiger partial charge in [0.1, 0.15) is 22.3 Å². The van der Waals surface area contributed by atoms with Gasteiger partial charge in [-0.05, 0) is 35.9 Å². The third-order valence-electron chi connectivity index (χ3n) is 4.61. The third kappa shape index (κ3) is 3.82. The van der Waals surface area contributed by atoms with Crippen LogP contribution in [0.1, 0.15) is 15.9 Å². The average Bonchev–Trinajstić information content (AvgIpc) is 3.11. The van der Waals surface area contributed by atoms with Crippen molar-refractivity contribution in [3.63, 3.8) is 0 Å². The first-order valence-corrected chi connectivity index (χ1v) is 10.6. The second-order valence-corrected chi connectivity index (χ2v) is 8.80. The maximum absolute atomic E-state index is 14.1. The fraction of sp³-hybridized carbons (Fsp3) is 0.0476. The van der Waals surface area contributed by atoms with E-state index in [1.165, 1.54) is 30.5 Å². The molecule has 4 rings (SSSR count). The number of Topliss-reactive ketones (excluding diaryl/α,β-unsaturated/α-hetero) is 1. The number of fused-ring (bicyclic) bond motifs is 1. The van der Waals surface area contributed by atoms with Gasteiger partial charge >= 0.3 is 0 Å². The van der Waals surface area contributed by atoms with Gasteiger partial charge in [-0.25, -0.2) is 13.2 Å². The lowest BCUT2D eigenvalue weighted by atomic mass is 10.0. The second kappa shape index (κ2) is 7.82. The van der Waals surface area contributed by atoms with Crippen molar-refractivity contribution in [1.82, 2.24) is 9.19 Å². The van der Waals surface area contributed by atoms with E-state index in [4.69, 9.17) is 11.6 Å². The summed E-state index contributed by atoms with van der Waals surface area (Å²) in [6, 6.07) is 10.4. The summed E-state index contributed by atoms with van der Waals surface area (Å²) in [5.41, 5.74) is 0.181. The van der Waals surface area contributed by atoms with Gasteiger partial charge in [0.15, 0.2) is 5.78 Å². The van der Waals surface area contributed by atoms with Crippen molar-refractivity contribution < 1.29 is 26.4 Å². The standard InChI is InChI=1S/C21H12ClF3N2O3S/c22-15-2-1-3-16(24)21(15)19(28)9-12-4-5-13-11-26-27(18(13)8-12)31(29,30)20-7-6-14(23)10-17(20)25/h1-8,10-11H,9H2. The first-order chi connectivity index (χ1) is 14.7. The Labute approximate surface area is 179 Å². The molecule has 10 heteroatoms. The minimum absolute atomic E-state index is 0.0366. The summed E-state index contributed by atoms with van der Waals surface area (Å²) in [7, 11) is -4.48. The number of benzene rings is 3. The summed E-state index contributed by atoms with van der Waals surface area (Å²) in [5, 5.41) is 4.19. The highest BCUT2D eigenvalue weighted by atomic mass is 35.5. The smallest absolute Gasteiger partial charge is 0.286 e. The van der Waals surface area contributed by atoms with Gasteiger partial charge in [-0.2, -0.15) is 17.6 Å². The lowest BCUT2D eigenvalue weighted by Crippen LogP contribution is -2.16. The topological polar surface area (TPSA) is 69.0 Å². The monoisotopic (exact) mass is 464 g/mol. The zero-order chi connectivity index (χ0) is 22.3. The first-order valence-electron chi connectivity index (χ1n) is 8.83. The number of rotatable bonds is 5. The predicted octanol–water partition coefficient (Wildman–Crippen LogP) is 4.77. The summed E-state index contributed by atoms with van der Waals surface area (Å²) in [6.45, 7) is 0. The summed E-state index contributed by atoms with van der Waals surface area (Å²) in [6.07, 6.45) is 1.00. The van der Waals surface area contributed by atoms with E-state index in [-0.39, 0.29) is 22.5 Å². The first kappa shape index (κ1) is 21.1. The molecule has 0 bridgehead atoms. The van der Waals surface area contributed by atoms with Crippen LogP contribution < -0.4 is 0 Å². The van der Waals surface area contributed by atoms with Crippen molar-refractivity contribution in [2.45, 2.75) is 11.3 Å².